The Morgan fingerprint density at radius 3 is 2.83 bits per heavy atom. The second-order valence-corrected chi connectivity index (χ2v) is 8.31. The van der Waals surface area contributed by atoms with Crippen LogP contribution in [0, 0.1) is 12.8 Å². The van der Waals surface area contributed by atoms with Gasteiger partial charge in [-0.2, -0.15) is 0 Å². The van der Waals surface area contributed by atoms with Crippen molar-refractivity contribution in [2.45, 2.75) is 38.0 Å². The molecule has 30 heavy (non-hydrogen) atoms. The molecule has 4 atom stereocenters. The van der Waals surface area contributed by atoms with Gasteiger partial charge in [0.1, 0.15) is 11.3 Å². The molecule has 7 nitrogen and oxygen atoms in total. The smallest absolute Gasteiger partial charge is 0.250 e. The molecule has 8 heteroatoms. The van der Waals surface area contributed by atoms with Crippen LogP contribution in [0.2, 0.25) is 5.02 Å². The quantitative estimate of drug-likeness (QED) is 0.599. The van der Waals surface area contributed by atoms with Gasteiger partial charge in [0.2, 0.25) is 11.8 Å². The average molecular weight is 430 g/mol. The van der Waals surface area contributed by atoms with Crippen molar-refractivity contribution in [3.05, 3.63) is 52.5 Å². The van der Waals surface area contributed by atoms with Gasteiger partial charge in [-0.3, -0.25) is 14.9 Å². The number of fused-ring (bicyclic) bond motifs is 2. The van der Waals surface area contributed by atoms with Gasteiger partial charge in [0, 0.05) is 22.3 Å². The van der Waals surface area contributed by atoms with E-state index in [4.69, 9.17) is 16.3 Å². The highest BCUT2D eigenvalue weighted by molar-refractivity contribution is 6.31. The number of halogens is 1. The predicted octanol–water partition coefficient (Wildman–Crippen LogP) is 2.80. The molecule has 2 aliphatic rings. The Balaban J connectivity index is 1.76. The van der Waals surface area contributed by atoms with E-state index in [1.807, 2.05) is 25.1 Å². The summed E-state index contributed by atoms with van der Waals surface area (Å²) in [7, 11) is 1.50. The number of ether oxygens (including phenoxy) is 1. The predicted molar refractivity (Wildman–Crippen MR) is 115 cm³/mol. The zero-order valence-corrected chi connectivity index (χ0v) is 17.7. The number of hydrogen-bond acceptors (Lipinski definition) is 5. The molecule has 2 heterocycles. The van der Waals surface area contributed by atoms with Crippen LogP contribution in [-0.2, 0) is 15.1 Å². The molecule has 0 bridgehead atoms. The third-order valence-corrected chi connectivity index (χ3v) is 6.27. The molecule has 2 aromatic rings. The van der Waals surface area contributed by atoms with Crippen molar-refractivity contribution in [3.8, 4) is 5.75 Å². The van der Waals surface area contributed by atoms with Crippen LogP contribution in [0.3, 0.4) is 0 Å². The number of aryl methyl sites for hydroxylation is 1. The van der Waals surface area contributed by atoms with Crippen LogP contribution in [0.5, 0.6) is 5.75 Å². The first-order valence-electron chi connectivity index (χ1n) is 9.79. The molecule has 2 aliphatic heterocycles. The Morgan fingerprint density at radius 2 is 2.13 bits per heavy atom. The number of para-hydroxylation sites is 1. The van der Waals surface area contributed by atoms with Crippen LogP contribution in [0.1, 0.15) is 24.5 Å². The number of aliphatic hydroxyl groups excluding tert-OH is 1. The Morgan fingerprint density at radius 1 is 1.37 bits per heavy atom. The van der Waals surface area contributed by atoms with E-state index in [0.29, 0.717) is 34.1 Å². The van der Waals surface area contributed by atoms with Crippen LogP contribution in [-0.4, -0.2) is 36.2 Å². The van der Waals surface area contributed by atoms with E-state index in [1.54, 1.807) is 25.1 Å². The molecule has 4 rings (SSSR count). The van der Waals surface area contributed by atoms with E-state index in [9.17, 15) is 14.7 Å². The first kappa shape index (κ1) is 20.7. The first-order valence-corrected chi connectivity index (χ1v) is 10.2. The fraction of sp³-hybridized carbons (Fsp3) is 0.364. The summed E-state index contributed by atoms with van der Waals surface area (Å²) < 4.78 is 5.33. The van der Waals surface area contributed by atoms with Gasteiger partial charge < -0.3 is 20.5 Å². The molecular formula is C22H24ClN3O4. The number of aliphatic hydroxyl groups is 1. The second kappa shape index (κ2) is 7.58. The summed E-state index contributed by atoms with van der Waals surface area (Å²) in [6.07, 6.45) is -0.435. The number of hydrogen-bond donors (Lipinski definition) is 4. The zero-order chi connectivity index (χ0) is 21.6. The zero-order valence-electron chi connectivity index (χ0n) is 17.0. The van der Waals surface area contributed by atoms with Crippen LogP contribution >= 0.6 is 11.6 Å². The summed E-state index contributed by atoms with van der Waals surface area (Å²) in [4.78, 5) is 26.7. The van der Waals surface area contributed by atoms with E-state index >= 15 is 0 Å². The summed E-state index contributed by atoms with van der Waals surface area (Å²) in [6.45, 7) is 3.56. The number of amides is 2. The minimum atomic E-state index is -1.26. The molecule has 0 aliphatic carbocycles. The van der Waals surface area contributed by atoms with Gasteiger partial charge in [-0.1, -0.05) is 29.8 Å². The molecule has 0 radical (unpaired) electrons. The van der Waals surface area contributed by atoms with E-state index in [-0.39, 0.29) is 11.8 Å². The number of nitrogens with one attached hydrogen (secondary N) is 3. The molecule has 0 unspecified atom stereocenters. The normalized spacial score (nSPS) is 25.7. The number of rotatable bonds is 4. The molecule has 1 saturated heterocycles. The van der Waals surface area contributed by atoms with Crippen molar-refractivity contribution in [1.29, 1.82) is 0 Å². The molecular weight excluding hydrogens is 406 g/mol. The Kier molecular flexibility index (Phi) is 5.22. The maximum atomic E-state index is 13.5. The minimum Gasteiger partial charge on any atom is -0.495 e. The molecule has 158 valence electrons. The fourth-order valence-corrected chi connectivity index (χ4v) is 4.66. The molecule has 2 amide bonds. The van der Waals surface area contributed by atoms with Crippen LogP contribution in [0.4, 0.5) is 11.4 Å². The monoisotopic (exact) mass is 429 g/mol. The SMILES string of the molecule is COc1ccc(Cl)cc1NC(=O)[C@H]1C[C@H]([C@@H](C)O)N[C@]12C(=O)Nc1c(C)cccc12. The van der Waals surface area contributed by atoms with Gasteiger partial charge in [0.15, 0.2) is 0 Å². The lowest BCUT2D eigenvalue weighted by Crippen LogP contribution is -2.53. The highest BCUT2D eigenvalue weighted by Crippen LogP contribution is 2.48. The van der Waals surface area contributed by atoms with E-state index in [2.05, 4.69) is 16.0 Å². The highest BCUT2D eigenvalue weighted by atomic mass is 35.5. The molecule has 0 aromatic heterocycles. The van der Waals surface area contributed by atoms with Gasteiger partial charge >= 0.3 is 0 Å². The summed E-state index contributed by atoms with van der Waals surface area (Å²) in [5, 5.41) is 19.8. The lowest BCUT2D eigenvalue weighted by Gasteiger charge is -2.29. The van der Waals surface area contributed by atoms with E-state index < -0.39 is 23.6 Å². The lowest BCUT2D eigenvalue weighted by molar-refractivity contribution is -0.130. The average Bonchev–Trinajstić information content (AvgIpc) is 3.24. The number of carbonyl (C=O) groups is 2. The Bertz CT molecular complexity index is 1030. The molecule has 1 fully saturated rings. The van der Waals surface area contributed by atoms with Crippen molar-refractivity contribution >= 4 is 34.8 Å². The third kappa shape index (κ3) is 3.14. The number of carbonyl (C=O) groups excluding carboxylic acids is 2. The van der Waals surface area contributed by atoms with Gasteiger partial charge in [-0.05, 0) is 44.0 Å². The standard InChI is InChI=1S/C22H24ClN3O4/c1-11-5-4-6-14-19(11)25-21(29)22(14)15(10-16(26-22)12(2)27)20(28)24-17-9-13(23)7-8-18(17)30-3/h4-9,12,15-16,26-27H,10H2,1-3H3,(H,24,28)(H,25,29)/t12-,15-,16-,22+/m1/s1. The van der Waals surface area contributed by atoms with Crippen LogP contribution in [0.25, 0.3) is 0 Å². The Hall–Kier alpha value is -2.61. The molecule has 0 saturated carbocycles. The van der Waals surface area contributed by atoms with E-state index in [1.165, 1.54) is 7.11 Å². The largest absolute Gasteiger partial charge is 0.495 e. The molecule has 2 aromatic carbocycles. The lowest BCUT2D eigenvalue weighted by atomic mass is 9.79. The van der Waals surface area contributed by atoms with Crippen molar-refractivity contribution < 1.29 is 19.4 Å². The topological polar surface area (TPSA) is 99.7 Å². The van der Waals surface area contributed by atoms with Crippen LogP contribution < -0.4 is 20.7 Å². The van der Waals surface area contributed by atoms with Crippen LogP contribution in [0.15, 0.2) is 36.4 Å². The third-order valence-electron chi connectivity index (χ3n) is 6.04. The van der Waals surface area contributed by atoms with E-state index in [0.717, 1.165) is 5.56 Å². The highest BCUT2D eigenvalue weighted by Gasteiger charge is 2.60. The second-order valence-electron chi connectivity index (χ2n) is 7.87. The summed E-state index contributed by atoms with van der Waals surface area (Å²) in [5.41, 5.74) is 1.50. The number of benzene rings is 2. The van der Waals surface area contributed by atoms with Crippen molar-refractivity contribution in [2.75, 3.05) is 17.7 Å². The summed E-state index contributed by atoms with van der Waals surface area (Å²) >= 11 is 6.09. The summed E-state index contributed by atoms with van der Waals surface area (Å²) in [5.74, 6) is -0.931. The first-order chi connectivity index (χ1) is 14.3. The van der Waals surface area contributed by atoms with Crippen molar-refractivity contribution in [1.82, 2.24) is 5.32 Å². The fourth-order valence-electron chi connectivity index (χ4n) is 4.49. The molecule has 1 spiro atoms. The van der Waals surface area contributed by atoms with Gasteiger partial charge in [-0.15, -0.1) is 0 Å². The maximum absolute atomic E-state index is 13.5. The van der Waals surface area contributed by atoms with Crippen molar-refractivity contribution in [3.63, 3.8) is 0 Å². The van der Waals surface area contributed by atoms with Gasteiger partial charge in [0.25, 0.3) is 0 Å². The summed E-state index contributed by atoms with van der Waals surface area (Å²) in [6, 6.07) is 10.1. The Labute approximate surface area is 179 Å². The van der Waals surface area contributed by atoms with Crippen molar-refractivity contribution in [2.24, 2.45) is 5.92 Å². The van der Waals surface area contributed by atoms with Gasteiger partial charge in [0.05, 0.1) is 24.8 Å². The molecule has 4 N–H and O–H groups in total. The number of anilines is 2. The maximum Gasteiger partial charge on any atom is 0.250 e. The number of methoxy groups -OCH3 is 1. The van der Waals surface area contributed by atoms with Gasteiger partial charge in [-0.25, -0.2) is 0 Å². The minimum absolute atomic E-state index is 0.298.